The summed E-state index contributed by atoms with van der Waals surface area (Å²) in [5, 5.41) is 2.16. The van der Waals surface area contributed by atoms with Crippen LogP contribution in [0.4, 0.5) is 0 Å². The molecule has 2 aliphatic rings. The molecule has 4 rings (SSSR count). The molecule has 2 aliphatic heterocycles. The minimum Gasteiger partial charge on any atom is -0.328 e. The summed E-state index contributed by atoms with van der Waals surface area (Å²) < 4.78 is 0. The lowest BCUT2D eigenvalue weighted by Crippen LogP contribution is -2.54. The summed E-state index contributed by atoms with van der Waals surface area (Å²) in [5.41, 5.74) is 1.51. The standard InChI is InChI=1S/C18H13N3O5/c22-14-5-2-10(8-19-14)9-1-3-11-12(7-9)18(26)21(17(11)25)13-4-6-15(23)20-16(13)24/h1-3,5,7-8,13H,4,6H2,(H,19,22)(H,20,23,24). The fourth-order valence-corrected chi connectivity index (χ4v) is 3.24. The fraction of sp³-hybridized carbons (Fsp3) is 0.167. The Kier molecular flexibility index (Phi) is 3.54. The molecule has 1 unspecified atom stereocenters. The Morgan fingerprint density at radius 1 is 0.885 bits per heavy atom. The van der Waals surface area contributed by atoms with Crippen molar-refractivity contribution in [2.24, 2.45) is 0 Å². The Morgan fingerprint density at radius 2 is 1.62 bits per heavy atom. The van der Waals surface area contributed by atoms with E-state index >= 15 is 0 Å². The van der Waals surface area contributed by atoms with Crippen LogP contribution in [-0.4, -0.2) is 39.6 Å². The van der Waals surface area contributed by atoms with E-state index in [0.29, 0.717) is 11.1 Å². The van der Waals surface area contributed by atoms with Gasteiger partial charge < -0.3 is 4.98 Å². The average Bonchev–Trinajstić information content (AvgIpc) is 2.87. The van der Waals surface area contributed by atoms with Crippen molar-refractivity contribution in [2.45, 2.75) is 18.9 Å². The summed E-state index contributed by atoms with van der Waals surface area (Å²) in [4.78, 5) is 63.4. The molecule has 0 spiro atoms. The van der Waals surface area contributed by atoms with Crippen molar-refractivity contribution in [3.8, 4) is 11.1 Å². The molecule has 2 aromatic rings. The first kappa shape index (κ1) is 15.9. The largest absolute Gasteiger partial charge is 0.328 e. The van der Waals surface area contributed by atoms with Crippen LogP contribution in [0, 0.1) is 0 Å². The van der Waals surface area contributed by atoms with Crippen LogP contribution in [0.5, 0.6) is 0 Å². The summed E-state index contributed by atoms with van der Waals surface area (Å²) in [6.07, 6.45) is 1.71. The summed E-state index contributed by atoms with van der Waals surface area (Å²) in [6, 6.07) is 6.75. The van der Waals surface area contributed by atoms with Gasteiger partial charge in [0.1, 0.15) is 6.04 Å². The van der Waals surface area contributed by atoms with Crippen molar-refractivity contribution in [3.05, 3.63) is 58.0 Å². The number of piperidine rings is 1. The second-order valence-electron chi connectivity index (χ2n) is 6.15. The third-order valence-electron chi connectivity index (χ3n) is 4.56. The molecule has 26 heavy (non-hydrogen) atoms. The maximum Gasteiger partial charge on any atom is 0.262 e. The van der Waals surface area contributed by atoms with Crippen LogP contribution in [0.2, 0.25) is 0 Å². The molecule has 1 fully saturated rings. The van der Waals surface area contributed by atoms with E-state index in [1.165, 1.54) is 18.3 Å². The zero-order chi connectivity index (χ0) is 18.4. The molecular formula is C18H13N3O5. The molecule has 2 N–H and O–H groups in total. The first-order valence-corrected chi connectivity index (χ1v) is 8.00. The number of benzene rings is 1. The highest BCUT2D eigenvalue weighted by atomic mass is 16.2. The first-order chi connectivity index (χ1) is 12.5. The van der Waals surface area contributed by atoms with Crippen molar-refractivity contribution >= 4 is 23.6 Å². The minimum atomic E-state index is -0.989. The summed E-state index contributed by atoms with van der Waals surface area (Å²) >= 11 is 0. The smallest absolute Gasteiger partial charge is 0.262 e. The number of fused-ring (bicyclic) bond motifs is 1. The van der Waals surface area contributed by atoms with Gasteiger partial charge in [0.05, 0.1) is 11.1 Å². The van der Waals surface area contributed by atoms with Gasteiger partial charge in [-0.3, -0.25) is 34.2 Å². The summed E-state index contributed by atoms with van der Waals surface area (Å²) in [5.74, 6) is -2.17. The number of aromatic nitrogens is 1. The van der Waals surface area contributed by atoms with Crippen molar-refractivity contribution in [1.29, 1.82) is 0 Å². The van der Waals surface area contributed by atoms with Crippen LogP contribution >= 0.6 is 0 Å². The number of rotatable bonds is 2. The van der Waals surface area contributed by atoms with Gasteiger partial charge >= 0.3 is 0 Å². The highest BCUT2D eigenvalue weighted by Gasteiger charge is 2.44. The van der Waals surface area contributed by atoms with Gasteiger partial charge in [-0.25, -0.2) is 0 Å². The number of nitrogens with zero attached hydrogens (tertiary/aromatic N) is 1. The van der Waals surface area contributed by atoms with Crippen molar-refractivity contribution in [2.75, 3.05) is 0 Å². The SMILES string of the molecule is O=C1CCC(N2C(=O)c3ccc(-c4ccc(=O)[nH]c4)cc3C2=O)C(=O)N1. The number of nitrogens with one attached hydrogen (secondary N) is 2. The van der Waals surface area contributed by atoms with E-state index in [2.05, 4.69) is 10.3 Å². The number of carbonyl (C=O) groups excluding carboxylic acids is 4. The first-order valence-electron chi connectivity index (χ1n) is 8.00. The van der Waals surface area contributed by atoms with Crippen LogP contribution in [-0.2, 0) is 9.59 Å². The van der Waals surface area contributed by atoms with E-state index in [9.17, 15) is 24.0 Å². The highest BCUT2D eigenvalue weighted by molar-refractivity contribution is 6.23. The van der Waals surface area contributed by atoms with Crippen molar-refractivity contribution < 1.29 is 19.2 Å². The number of pyridine rings is 1. The van der Waals surface area contributed by atoms with E-state index in [-0.39, 0.29) is 29.5 Å². The van der Waals surface area contributed by atoms with E-state index < -0.39 is 29.7 Å². The normalized spacial score (nSPS) is 19.5. The lowest BCUT2D eigenvalue weighted by molar-refractivity contribution is -0.136. The van der Waals surface area contributed by atoms with E-state index in [4.69, 9.17) is 0 Å². The lowest BCUT2D eigenvalue weighted by Gasteiger charge is -2.27. The van der Waals surface area contributed by atoms with Crippen LogP contribution in [0.15, 0.2) is 41.3 Å². The predicted octanol–water partition coefficient (Wildman–Crippen LogP) is 0.443. The Labute approximate surface area is 146 Å². The molecule has 8 nitrogen and oxygen atoms in total. The maximum atomic E-state index is 12.8. The van der Waals surface area contributed by atoms with Gasteiger partial charge in [-0.2, -0.15) is 0 Å². The Bertz CT molecular complexity index is 1020. The fourth-order valence-electron chi connectivity index (χ4n) is 3.24. The van der Waals surface area contributed by atoms with Crippen molar-refractivity contribution in [1.82, 2.24) is 15.2 Å². The molecular weight excluding hydrogens is 338 g/mol. The molecule has 0 radical (unpaired) electrons. The van der Waals surface area contributed by atoms with Crippen molar-refractivity contribution in [3.63, 3.8) is 0 Å². The zero-order valence-corrected chi connectivity index (χ0v) is 13.4. The Balaban J connectivity index is 1.70. The number of carbonyl (C=O) groups is 4. The zero-order valence-electron chi connectivity index (χ0n) is 13.4. The molecule has 1 saturated heterocycles. The molecule has 3 heterocycles. The van der Waals surface area contributed by atoms with Crippen LogP contribution in [0.1, 0.15) is 33.6 Å². The van der Waals surface area contributed by atoms with Crippen LogP contribution < -0.4 is 10.9 Å². The van der Waals surface area contributed by atoms with Gasteiger partial charge in [0.25, 0.3) is 11.8 Å². The second kappa shape index (κ2) is 5.76. The van der Waals surface area contributed by atoms with Crippen LogP contribution in [0.25, 0.3) is 11.1 Å². The summed E-state index contributed by atoms with van der Waals surface area (Å²) in [7, 11) is 0. The average molecular weight is 351 g/mol. The number of imide groups is 2. The van der Waals surface area contributed by atoms with Gasteiger partial charge in [0.2, 0.25) is 17.4 Å². The van der Waals surface area contributed by atoms with Gasteiger partial charge in [-0.05, 0) is 35.7 Å². The third kappa shape index (κ3) is 2.43. The number of H-pyrrole nitrogens is 1. The van der Waals surface area contributed by atoms with Gasteiger partial charge in [0.15, 0.2) is 0 Å². The topological polar surface area (TPSA) is 116 Å². The third-order valence-corrected chi connectivity index (χ3v) is 4.56. The minimum absolute atomic E-state index is 0.0758. The Morgan fingerprint density at radius 3 is 2.31 bits per heavy atom. The predicted molar refractivity (Wildman–Crippen MR) is 89.2 cm³/mol. The summed E-state index contributed by atoms with van der Waals surface area (Å²) in [6.45, 7) is 0. The van der Waals surface area contributed by atoms with E-state index in [1.54, 1.807) is 18.2 Å². The molecule has 4 amide bonds. The number of aromatic amines is 1. The molecule has 1 atom stereocenters. The molecule has 8 heteroatoms. The molecule has 1 aromatic heterocycles. The second-order valence-corrected chi connectivity index (χ2v) is 6.15. The van der Waals surface area contributed by atoms with Gasteiger partial charge in [0, 0.05) is 18.7 Å². The Hall–Kier alpha value is -3.55. The highest BCUT2D eigenvalue weighted by Crippen LogP contribution is 2.30. The van der Waals surface area contributed by atoms with Crippen LogP contribution in [0.3, 0.4) is 0 Å². The quantitative estimate of drug-likeness (QED) is 0.762. The lowest BCUT2D eigenvalue weighted by atomic mass is 10.0. The molecule has 0 bridgehead atoms. The number of amides is 4. The van der Waals surface area contributed by atoms with Gasteiger partial charge in [-0.15, -0.1) is 0 Å². The number of hydrogen-bond acceptors (Lipinski definition) is 5. The molecule has 1 aromatic carbocycles. The monoisotopic (exact) mass is 351 g/mol. The molecule has 0 saturated carbocycles. The molecule has 130 valence electrons. The van der Waals surface area contributed by atoms with E-state index in [1.807, 2.05) is 0 Å². The maximum absolute atomic E-state index is 12.8. The molecule has 0 aliphatic carbocycles. The number of hydrogen-bond donors (Lipinski definition) is 2. The van der Waals surface area contributed by atoms with Gasteiger partial charge in [-0.1, -0.05) is 6.07 Å². The van der Waals surface area contributed by atoms with E-state index in [0.717, 1.165) is 4.90 Å².